The summed E-state index contributed by atoms with van der Waals surface area (Å²) in [6, 6.07) is 9.30. The first-order chi connectivity index (χ1) is 10.1. The zero-order valence-corrected chi connectivity index (χ0v) is 11.0. The highest BCUT2D eigenvalue weighted by Gasteiger charge is 2.26. The van der Waals surface area contributed by atoms with E-state index in [0.717, 1.165) is 23.4 Å². The van der Waals surface area contributed by atoms with Crippen molar-refractivity contribution >= 4 is 11.5 Å². The number of hydrogen-bond acceptors (Lipinski definition) is 2. The molecule has 1 N–H and O–H groups in total. The second kappa shape index (κ2) is 5.24. The maximum atomic E-state index is 13.6. The van der Waals surface area contributed by atoms with Gasteiger partial charge in [0.05, 0.1) is 5.56 Å². The molecule has 2 nitrogen and oxygen atoms in total. The summed E-state index contributed by atoms with van der Waals surface area (Å²) in [5, 5.41) is 3.16. The smallest absolute Gasteiger partial charge is 0.195 e. The Morgan fingerprint density at radius 2 is 1.86 bits per heavy atom. The summed E-state index contributed by atoms with van der Waals surface area (Å²) in [5.41, 5.74) is 1.52. The SMILES string of the molecule is O=C(CC1CNc2ccccc21)c1ccc(F)c(F)c1F. The van der Waals surface area contributed by atoms with E-state index in [-0.39, 0.29) is 12.3 Å². The fourth-order valence-corrected chi connectivity index (χ4v) is 2.61. The van der Waals surface area contributed by atoms with Gasteiger partial charge in [0.2, 0.25) is 0 Å². The highest BCUT2D eigenvalue weighted by Crippen LogP contribution is 2.34. The van der Waals surface area contributed by atoms with Crippen LogP contribution >= 0.6 is 0 Å². The molecule has 2 aromatic rings. The molecule has 0 aromatic heterocycles. The molecule has 108 valence electrons. The Balaban J connectivity index is 1.84. The number of anilines is 1. The molecular weight excluding hydrogens is 279 g/mol. The maximum Gasteiger partial charge on any atom is 0.195 e. The number of Topliss-reactive ketones (excluding diaryl/α,β-unsaturated/α-hetero) is 1. The third-order valence-corrected chi connectivity index (χ3v) is 3.71. The van der Waals surface area contributed by atoms with Crippen molar-refractivity contribution in [2.24, 2.45) is 0 Å². The molecule has 5 heteroatoms. The van der Waals surface area contributed by atoms with E-state index < -0.39 is 28.8 Å². The molecule has 0 saturated carbocycles. The predicted molar refractivity (Wildman–Crippen MR) is 72.9 cm³/mol. The van der Waals surface area contributed by atoms with Crippen molar-refractivity contribution in [3.05, 3.63) is 65.0 Å². The van der Waals surface area contributed by atoms with Crippen molar-refractivity contribution < 1.29 is 18.0 Å². The number of ketones is 1. The number of nitrogens with one attached hydrogen (secondary N) is 1. The number of para-hydroxylation sites is 1. The van der Waals surface area contributed by atoms with Crippen LogP contribution in [0.3, 0.4) is 0 Å². The molecule has 0 aliphatic carbocycles. The molecule has 3 rings (SSSR count). The Morgan fingerprint density at radius 3 is 2.67 bits per heavy atom. The molecule has 2 aromatic carbocycles. The van der Waals surface area contributed by atoms with Gasteiger partial charge in [0.15, 0.2) is 23.2 Å². The average molecular weight is 291 g/mol. The molecule has 21 heavy (non-hydrogen) atoms. The summed E-state index contributed by atoms with van der Waals surface area (Å²) >= 11 is 0. The second-order valence-corrected chi connectivity index (χ2v) is 5.02. The van der Waals surface area contributed by atoms with Gasteiger partial charge in [0.25, 0.3) is 0 Å². The largest absolute Gasteiger partial charge is 0.384 e. The minimum Gasteiger partial charge on any atom is -0.384 e. The van der Waals surface area contributed by atoms with Gasteiger partial charge >= 0.3 is 0 Å². The Labute approximate surface area is 119 Å². The van der Waals surface area contributed by atoms with Crippen molar-refractivity contribution in [2.75, 3.05) is 11.9 Å². The first-order valence-corrected chi connectivity index (χ1v) is 6.57. The van der Waals surface area contributed by atoms with E-state index in [0.29, 0.717) is 6.54 Å². The maximum absolute atomic E-state index is 13.6. The summed E-state index contributed by atoms with van der Waals surface area (Å²) in [6.07, 6.45) is 0.0476. The Bertz CT molecular complexity index is 715. The lowest BCUT2D eigenvalue weighted by atomic mass is 9.93. The zero-order valence-electron chi connectivity index (χ0n) is 11.0. The van der Waals surface area contributed by atoms with Crippen LogP contribution in [0.15, 0.2) is 36.4 Å². The van der Waals surface area contributed by atoms with Crippen molar-refractivity contribution in [1.82, 2.24) is 0 Å². The average Bonchev–Trinajstić information content (AvgIpc) is 2.88. The monoisotopic (exact) mass is 291 g/mol. The molecule has 1 atom stereocenters. The van der Waals surface area contributed by atoms with Crippen molar-refractivity contribution in [3.8, 4) is 0 Å². The van der Waals surface area contributed by atoms with Crippen LogP contribution in [-0.2, 0) is 0 Å². The summed E-state index contributed by atoms with van der Waals surface area (Å²) in [5.74, 6) is -4.95. The number of benzene rings is 2. The predicted octanol–water partition coefficient (Wildman–Crippen LogP) is 3.89. The summed E-state index contributed by atoms with van der Waals surface area (Å²) in [6.45, 7) is 0.566. The van der Waals surface area contributed by atoms with Gasteiger partial charge in [-0.1, -0.05) is 18.2 Å². The fourth-order valence-electron chi connectivity index (χ4n) is 2.61. The van der Waals surface area contributed by atoms with Crippen molar-refractivity contribution in [1.29, 1.82) is 0 Å². The van der Waals surface area contributed by atoms with Gasteiger partial charge in [-0.3, -0.25) is 4.79 Å². The van der Waals surface area contributed by atoms with E-state index in [1.807, 2.05) is 24.3 Å². The molecule has 0 amide bonds. The van der Waals surface area contributed by atoms with Crippen LogP contribution < -0.4 is 5.32 Å². The zero-order chi connectivity index (χ0) is 15.0. The van der Waals surface area contributed by atoms with Crippen LogP contribution in [0, 0.1) is 17.5 Å². The number of carbonyl (C=O) groups is 1. The van der Waals surface area contributed by atoms with Crippen LogP contribution in [0.2, 0.25) is 0 Å². The number of rotatable bonds is 3. The lowest BCUT2D eigenvalue weighted by Gasteiger charge is -2.10. The fraction of sp³-hybridized carbons (Fsp3) is 0.188. The summed E-state index contributed by atoms with van der Waals surface area (Å²) in [7, 11) is 0. The van der Waals surface area contributed by atoms with Crippen LogP contribution in [0.1, 0.15) is 28.3 Å². The van der Waals surface area contributed by atoms with Gasteiger partial charge in [0.1, 0.15) is 0 Å². The molecule has 0 spiro atoms. The minimum absolute atomic E-state index is 0.0476. The van der Waals surface area contributed by atoms with Gasteiger partial charge in [-0.25, -0.2) is 13.2 Å². The summed E-state index contributed by atoms with van der Waals surface area (Å²) < 4.78 is 39.7. The van der Waals surface area contributed by atoms with Gasteiger partial charge in [-0.15, -0.1) is 0 Å². The molecular formula is C16H12F3NO. The third-order valence-electron chi connectivity index (χ3n) is 3.71. The number of fused-ring (bicyclic) bond motifs is 1. The molecule has 0 bridgehead atoms. The first kappa shape index (κ1) is 13.7. The van der Waals surface area contributed by atoms with Crippen LogP contribution in [0.5, 0.6) is 0 Å². The standard InChI is InChI=1S/C16H12F3NO/c17-12-6-5-11(15(18)16(12)19)14(21)7-9-8-20-13-4-2-1-3-10(9)13/h1-6,9,20H,7-8H2. The van der Waals surface area contributed by atoms with Crippen molar-refractivity contribution in [2.45, 2.75) is 12.3 Å². The molecule has 0 radical (unpaired) electrons. The number of carbonyl (C=O) groups excluding carboxylic acids is 1. The van der Waals surface area contributed by atoms with Crippen LogP contribution in [0.25, 0.3) is 0 Å². The Morgan fingerprint density at radius 1 is 1.10 bits per heavy atom. The van der Waals surface area contributed by atoms with Crippen molar-refractivity contribution in [3.63, 3.8) is 0 Å². The molecule has 0 saturated heterocycles. The van der Waals surface area contributed by atoms with Crippen LogP contribution in [-0.4, -0.2) is 12.3 Å². The van der Waals surface area contributed by atoms with E-state index >= 15 is 0 Å². The quantitative estimate of drug-likeness (QED) is 0.686. The Kier molecular flexibility index (Phi) is 3.41. The molecule has 1 aliphatic heterocycles. The Hall–Kier alpha value is -2.30. The van der Waals surface area contributed by atoms with E-state index in [2.05, 4.69) is 5.32 Å². The van der Waals surface area contributed by atoms with Gasteiger partial charge in [-0.05, 0) is 23.8 Å². The van der Waals surface area contributed by atoms with Crippen LogP contribution in [0.4, 0.5) is 18.9 Å². The molecule has 1 heterocycles. The highest BCUT2D eigenvalue weighted by molar-refractivity contribution is 5.97. The molecule has 1 unspecified atom stereocenters. The number of hydrogen-bond donors (Lipinski definition) is 1. The topological polar surface area (TPSA) is 29.1 Å². The first-order valence-electron chi connectivity index (χ1n) is 6.57. The van der Waals surface area contributed by atoms with Gasteiger partial charge in [0, 0.05) is 24.6 Å². The normalized spacial score (nSPS) is 16.4. The van der Waals surface area contributed by atoms with E-state index in [4.69, 9.17) is 0 Å². The second-order valence-electron chi connectivity index (χ2n) is 5.02. The van der Waals surface area contributed by atoms with Gasteiger partial charge < -0.3 is 5.32 Å². The highest BCUT2D eigenvalue weighted by atomic mass is 19.2. The molecule has 0 fully saturated rings. The number of halogens is 3. The molecule has 1 aliphatic rings. The lowest BCUT2D eigenvalue weighted by molar-refractivity contribution is 0.0970. The minimum atomic E-state index is -1.61. The lowest BCUT2D eigenvalue weighted by Crippen LogP contribution is -2.12. The van der Waals surface area contributed by atoms with E-state index in [1.54, 1.807) is 0 Å². The summed E-state index contributed by atoms with van der Waals surface area (Å²) in [4.78, 5) is 12.1. The van der Waals surface area contributed by atoms with Gasteiger partial charge in [-0.2, -0.15) is 0 Å². The third kappa shape index (κ3) is 2.39. The van der Waals surface area contributed by atoms with E-state index in [1.165, 1.54) is 0 Å². The van der Waals surface area contributed by atoms with E-state index in [9.17, 15) is 18.0 Å².